The van der Waals surface area contributed by atoms with Crippen LogP contribution in [0.5, 0.6) is 0 Å². The number of rotatable bonds is 18. The Hall–Kier alpha value is -14.3. The molecule has 0 unspecified atom stereocenters. The van der Waals surface area contributed by atoms with Gasteiger partial charge >= 0.3 is 0 Å². The van der Waals surface area contributed by atoms with Crippen LogP contribution < -0.4 is 19.6 Å². The molecule has 0 aliphatic carbocycles. The molecule has 0 radical (unpaired) electrons. The predicted molar refractivity (Wildman–Crippen MR) is 497 cm³/mol. The smallest absolute Gasteiger partial charge is 0.0569 e. The van der Waals surface area contributed by atoms with E-state index < -0.39 is 0 Å². The Bertz CT molecular complexity index is 7110. The van der Waals surface area contributed by atoms with Crippen molar-refractivity contribution in [2.24, 2.45) is 0 Å². The Balaban J connectivity index is 0.674. The van der Waals surface area contributed by atoms with E-state index in [9.17, 15) is 0 Å². The van der Waals surface area contributed by atoms with Crippen molar-refractivity contribution in [1.82, 2.24) is 0 Å². The number of hydrogen-bond acceptors (Lipinski definition) is 4. The van der Waals surface area contributed by atoms with Crippen LogP contribution in [0.3, 0.4) is 0 Å². The fourth-order valence-electron chi connectivity index (χ4n) is 18.5. The van der Waals surface area contributed by atoms with Crippen LogP contribution in [0.1, 0.15) is 50.1 Å². The van der Waals surface area contributed by atoms with Crippen LogP contribution in [-0.2, 0) is 6.42 Å². The zero-order valence-electron chi connectivity index (χ0n) is 66.4. The van der Waals surface area contributed by atoms with Crippen LogP contribution in [0.2, 0.25) is 0 Å². The molecule has 0 atom stereocenters. The van der Waals surface area contributed by atoms with Gasteiger partial charge in [0, 0.05) is 66.5 Å². The summed E-state index contributed by atoms with van der Waals surface area (Å²) in [4.78, 5) is 10.1. The van der Waals surface area contributed by atoms with Gasteiger partial charge in [-0.1, -0.05) is 315 Å². The molecule has 0 fully saturated rings. The zero-order chi connectivity index (χ0) is 78.2. The maximum atomic E-state index is 2.54. The fraction of sp³-hybridized carbons (Fsp3) is 0.0714. The highest BCUT2D eigenvalue weighted by atomic mass is 15.2. The van der Waals surface area contributed by atoms with E-state index in [1.165, 1.54) is 165 Å². The van der Waals surface area contributed by atoms with E-state index in [4.69, 9.17) is 0 Å². The van der Waals surface area contributed by atoms with E-state index >= 15 is 0 Å². The molecule has 0 aliphatic heterocycles. The summed E-state index contributed by atoms with van der Waals surface area (Å²) in [5.41, 5.74) is 33.9. The Morgan fingerprint density at radius 3 is 0.767 bits per heavy atom. The quantitative estimate of drug-likeness (QED) is 0.0794. The van der Waals surface area contributed by atoms with Crippen LogP contribution in [0.15, 0.2) is 382 Å². The first kappa shape index (κ1) is 70.8. The van der Waals surface area contributed by atoms with Gasteiger partial charge in [-0.2, -0.15) is 0 Å². The molecule has 20 aromatic rings. The average molecular weight is 1490 g/mol. The first-order valence-electron chi connectivity index (χ1n) is 40.5. The molecule has 0 aliphatic rings. The lowest BCUT2D eigenvalue weighted by Crippen LogP contribution is -2.14. The second-order valence-corrected chi connectivity index (χ2v) is 31.6. The number of aryl methyl sites for hydroxylation is 7. The van der Waals surface area contributed by atoms with Crippen LogP contribution in [0, 0.1) is 48.5 Å². The molecule has 4 heteroatoms. The minimum absolute atomic E-state index is 0.763. The maximum Gasteiger partial charge on any atom is 0.0569 e. The number of hydrogen-bond donors (Lipinski definition) is 0. The number of para-hydroxylation sites is 4. The van der Waals surface area contributed by atoms with Crippen molar-refractivity contribution in [2.45, 2.75) is 54.9 Å². The number of anilines is 12. The summed E-state index contributed by atoms with van der Waals surface area (Å²) >= 11 is 0. The Labute approximate surface area is 679 Å². The molecular weight excluding hydrogens is 1400 g/mol. The molecule has 0 saturated carbocycles. The normalized spacial score (nSPS) is 11.6. The SMILES string of the molecule is Cc1ccc(N(c2c(C)cccc2-c2ccccc2)c2ccc3ccc4c(N(c5ccc(Cc6ccc(-c7cccc(C)c7N(c7cccc(C)c7)c7ccc8ccc9c(N(c%10cccc(C)c%10)c%10c(C)cccc%10-c%10ccccc%10)ccc%10ccc7c8c%109)cc6)cc5)c5c(C)cccc5-c5ccccc5)ccc5ccc2c3c54)cc1. The van der Waals surface area contributed by atoms with Crippen molar-refractivity contribution in [2.75, 3.05) is 19.6 Å². The van der Waals surface area contributed by atoms with Gasteiger partial charge in [0.15, 0.2) is 0 Å². The lowest BCUT2D eigenvalue weighted by atomic mass is 9.90. The molecule has 0 aromatic heterocycles. The van der Waals surface area contributed by atoms with Crippen LogP contribution in [0.4, 0.5) is 68.2 Å². The maximum absolute atomic E-state index is 2.54. The van der Waals surface area contributed by atoms with Gasteiger partial charge in [-0.25, -0.2) is 0 Å². The van der Waals surface area contributed by atoms with Crippen LogP contribution in [0.25, 0.3) is 109 Å². The van der Waals surface area contributed by atoms with Crippen molar-refractivity contribution in [3.8, 4) is 44.5 Å². The van der Waals surface area contributed by atoms with Gasteiger partial charge < -0.3 is 19.6 Å². The molecule has 0 heterocycles. The molecule has 554 valence electrons. The Morgan fingerprint density at radius 2 is 0.457 bits per heavy atom. The highest BCUT2D eigenvalue weighted by Crippen LogP contribution is 2.55. The molecule has 0 spiro atoms. The summed E-state index contributed by atoms with van der Waals surface area (Å²) in [6, 6.07) is 143. The molecule has 0 amide bonds. The fourth-order valence-corrected chi connectivity index (χ4v) is 18.5. The van der Waals surface area contributed by atoms with E-state index in [-0.39, 0.29) is 0 Å². The molecular formula is C112H86N4. The molecule has 4 nitrogen and oxygen atoms in total. The van der Waals surface area contributed by atoms with Crippen molar-refractivity contribution in [3.63, 3.8) is 0 Å². The van der Waals surface area contributed by atoms with Crippen molar-refractivity contribution in [1.29, 1.82) is 0 Å². The number of benzene rings is 20. The monoisotopic (exact) mass is 1490 g/mol. The molecule has 0 N–H and O–H groups in total. The second-order valence-electron chi connectivity index (χ2n) is 31.6. The van der Waals surface area contributed by atoms with Gasteiger partial charge in [-0.3, -0.25) is 0 Å². The summed E-state index contributed by atoms with van der Waals surface area (Å²) < 4.78 is 0. The lowest BCUT2D eigenvalue weighted by molar-refractivity contribution is 1.18. The van der Waals surface area contributed by atoms with E-state index in [1.807, 2.05) is 0 Å². The highest BCUT2D eigenvalue weighted by Gasteiger charge is 2.30. The molecule has 20 aromatic carbocycles. The van der Waals surface area contributed by atoms with Gasteiger partial charge in [-0.15, -0.1) is 0 Å². The topological polar surface area (TPSA) is 13.0 Å². The van der Waals surface area contributed by atoms with Crippen molar-refractivity contribution >= 4 is 133 Å². The molecule has 20 rings (SSSR count). The van der Waals surface area contributed by atoms with Gasteiger partial charge in [0.2, 0.25) is 0 Å². The Morgan fingerprint density at radius 1 is 0.190 bits per heavy atom. The van der Waals surface area contributed by atoms with E-state index in [0.29, 0.717) is 0 Å². The zero-order valence-corrected chi connectivity index (χ0v) is 66.4. The summed E-state index contributed by atoms with van der Waals surface area (Å²) in [5, 5.41) is 14.6. The highest BCUT2D eigenvalue weighted by molar-refractivity contribution is 6.30. The van der Waals surface area contributed by atoms with Crippen molar-refractivity contribution < 1.29 is 0 Å². The molecule has 0 bridgehead atoms. The average Bonchev–Trinajstić information content (AvgIpc) is 0.719. The number of nitrogens with zero attached hydrogens (tertiary/aromatic N) is 4. The third-order valence-corrected chi connectivity index (χ3v) is 24.0. The van der Waals surface area contributed by atoms with Crippen LogP contribution in [-0.4, -0.2) is 0 Å². The lowest BCUT2D eigenvalue weighted by Gasteiger charge is -2.32. The summed E-state index contributed by atoms with van der Waals surface area (Å²) in [7, 11) is 0. The summed E-state index contributed by atoms with van der Waals surface area (Å²) in [5.74, 6) is 0. The van der Waals surface area contributed by atoms with Gasteiger partial charge in [-0.05, 0) is 238 Å². The van der Waals surface area contributed by atoms with E-state index in [1.54, 1.807) is 0 Å². The van der Waals surface area contributed by atoms with Gasteiger partial charge in [0.05, 0.1) is 45.5 Å². The van der Waals surface area contributed by atoms with E-state index in [0.717, 1.165) is 68.9 Å². The van der Waals surface area contributed by atoms with Gasteiger partial charge in [0.1, 0.15) is 0 Å². The summed E-state index contributed by atoms with van der Waals surface area (Å²) in [6.45, 7) is 15.6. The molecule has 0 saturated heterocycles. The largest absolute Gasteiger partial charge is 0.309 e. The van der Waals surface area contributed by atoms with Crippen molar-refractivity contribution in [3.05, 3.63) is 432 Å². The van der Waals surface area contributed by atoms with E-state index in [2.05, 4.69) is 450 Å². The molecule has 116 heavy (non-hydrogen) atoms. The third-order valence-electron chi connectivity index (χ3n) is 24.0. The summed E-state index contributed by atoms with van der Waals surface area (Å²) in [6.07, 6.45) is 0.763. The minimum atomic E-state index is 0.763. The predicted octanol–water partition coefficient (Wildman–Crippen LogP) is 31.8. The third kappa shape index (κ3) is 12.4. The first-order chi connectivity index (χ1) is 56.9. The van der Waals surface area contributed by atoms with Gasteiger partial charge in [0.25, 0.3) is 0 Å². The Kier molecular flexibility index (Phi) is 17.9. The van der Waals surface area contributed by atoms with Crippen LogP contribution >= 0.6 is 0 Å². The minimum Gasteiger partial charge on any atom is -0.309 e. The second kappa shape index (κ2) is 29.3. The first-order valence-corrected chi connectivity index (χ1v) is 40.5. The standard InChI is InChI=1S/C112H86N4/c1-72-41-57-89(58-42-72)113(109-75(4)25-19-37-93(109)81-29-11-8-12-30-81)101-65-53-85-50-62-98-102(66-54-86-49-61-97(101)105(85)106(86)98)114(110-76(5)26-20-38-94(110)82-31-13-9-14-32-82)90-59-45-80(46-60-90)71-79-43-47-84(48-44-79)96-40-22-28-78(7)112(96)116(92-36-18-24-74(3)70-92)104-68-56-88-51-63-99-103(67-55-87-52-64-100(104)108(88)107(87)99)115(91-35-17-23-73(2)69-91)111-77(6)27-21-39-95(111)83-33-15-10-16-34-83/h8-70H,71H2,1-7H3.